The molecule has 1 aliphatic heterocycles. The van der Waals surface area contributed by atoms with Crippen LogP contribution in [0.3, 0.4) is 0 Å². The monoisotopic (exact) mass is 285 g/mol. The third kappa shape index (κ3) is 2.62. The fourth-order valence-electron chi connectivity index (χ4n) is 2.98. The van der Waals surface area contributed by atoms with Crippen molar-refractivity contribution in [3.05, 3.63) is 28.8 Å². The number of nitrogens with zero attached hydrogens (tertiary/aromatic N) is 1. The average Bonchev–Trinajstić information content (AvgIpc) is 2.33. The van der Waals surface area contributed by atoms with Gasteiger partial charge in [0, 0.05) is 28.9 Å². The summed E-state index contributed by atoms with van der Waals surface area (Å²) in [6.45, 7) is 8.05. The van der Waals surface area contributed by atoms with Crippen molar-refractivity contribution < 1.29 is 0 Å². The van der Waals surface area contributed by atoms with Crippen molar-refractivity contribution in [2.75, 3.05) is 11.4 Å². The van der Waals surface area contributed by atoms with Gasteiger partial charge in [0.15, 0.2) is 0 Å². The van der Waals surface area contributed by atoms with Crippen LogP contribution in [0.25, 0.3) is 0 Å². The second kappa shape index (κ2) is 5.71. The van der Waals surface area contributed by atoms with Crippen LogP contribution < -0.4 is 4.90 Å². The lowest BCUT2D eigenvalue weighted by molar-refractivity contribution is 0.297. The highest BCUT2D eigenvalue weighted by Crippen LogP contribution is 2.36. The van der Waals surface area contributed by atoms with Crippen LogP contribution >= 0.6 is 23.2 Å². The predicted octanol–water partition coefficient (Wildman–Crippen LogP) is 4.95. The largest absolute Gasteiger partial charge is 0.368 e. The van der Waals surface area contributed by atoms with E-state index in [0.29, 0.717) is 17.8 Å². The number of benzene rings is 1. The van der Waals surface area contributed by atoms with Crippen LogP contribution in [0.5, 0.6) is 0 Å². The highest BCUT2D eigenvalue weighted by molar-refractivity contribution is 6.32. The maximum atomic E-state index is 6.26. The molecule has 3 unspecified atom stereocenters. The number of anilines is 1. The van der Waals surface area contributed by atoms with E-state index >= 15 is 0 Å². The van der Waals surface area contributed by atoms with E-state index in [0.717, 1.165) is 23.0 Å². The molecule has 2 rings (SSSR count). The normalized spacial score (nSPS) is 28.5. The number of rotatable bonds is 2. The van der Waals surface area contributed by atoms with Gasteiger partial charge in [0.25, 0.3) is 0 Å². The Labute approximate surface area is 120 Å². The highest BCUT2D eigenvalue weighted by atomic mass is 35.5. The number of hydrogen-bond donors (Lipinski definition) is 0. The van der Waals surface area contributed by atoms with Gasteiger partial charge in [-0.25, -0.2) is 0 Å². The lowest BCUT2D eigenvalue weighted by Gasteiger charge is -2.43. The van der Waals surface area contributed by atoms with E-state index in [1.54, 1.807) is 0 Å². The van der Waals surface area contributed by atoms with Gasteiger partial charge in [0.1, 0.15) is 0 Å². The smallest absolute Gasteiger partial charge is 0.0509 e. The van der Waals surface area contributed by atoms with Crippen molar-refractivity contribution in [2.45, 2.75) is 39.1 Å². The fourth-order valence-corrected chi connectivity index (χ4v) is 3.57. The summed E-state index contributed by atoms with van der Waals surface area (Å²) in [4.78, 5) is 2.47. The lowest BCUT2D eigenvalue weighted by atomic mass is 9.85. The molecule has 0 spiro atoms. The molecular formula is C15H21Cl2N. The first-order valence-corrected chi connectivity index (χ1v) is 7.55. The summed E-state index contributed by atoms with van der Waals surface area (Å²) in [7, 11) is 0. The molecule has 1 aromatic rings. The van der Waals surface area contributed by atoms with Crippen molar-refractivity contribution in [3.8, 4) is 0 Å². The molecule has 3 heteroatoms. The third-order valence-corrected chi connectivity index (χ3v) is 4.76. The topological polar surface area (TPSA) is 3.24 Å². The molecular weight excluding hydrogens is 265 g/mol. The lowest BCUT2D eigenvalue weighted by Crippen LogP contribution is -2.46. The Morgan fingerprint density at radius 3 is 2.67 bits per heavy atom. The van der Waals surface area contributed by atoms with Crippen LogP contribution in [0.15, 0.2) is 18.2 Å². The van der Waals surface area contributed by atoms with Crippen LogP contribution in [-0.4, -0.2) is 12.6 Å². The van der Waals surface area contributed by atoms with Crippen molar-refractivity contribution in [1.82, 2.24) is 0 Å². The number of piperidine rings is 1. The number of halogens is 2. The van der Waals surface area contributed by atoms with Crippen molar-refractivity contribution in [3.63, 3.8) is 0 Å². The van der Waals surface area contributed by atoms with E-state index in [2.05, 4.69) is 31.7 Å². The zero-order valence-corrected chi connectivity index (χ0v) is 12.8. The number of hydrogen-bond acceptors (Lipinski definition) is 1. The van der Waals surface area contributed by atoms with Crippen LogP contribution in [0.1, 0.15) is 32.8 Å². The second-order valence-corrected chi connectivity index (χ2v) is 6.26. The summed E-state index contributed by atoms with van der Waals surface area (Å²) in [6.07, 6.45) is 1.30. The Bertz CT molecular complexity index is 419. The van der Waals surface area contributed by atoms with Crippen molar-refractivity contribution >= 4 is 28.9 Å². The number of alkyl halides is 1. The highest BCUT2D eigenvalue weighted by Gasteiger charge is 2.30. The van der Waals surface area contributed by atoms with E-state index in [4.69, 9.17) is 23.2 Å². The molecule has 0 bridgehead atoms. The quantitative estimate of drug-likeness (QED) is 0.695. The molecule has 0 radical (unpaired) electrons. The SMILES string of the molecule is CC1CC(C)C(C)N(c2cccc(Cl)c2CCl)C1. The van der Waals surface area contributed by atoms with Gasteiger partial charge in [-0.15, -0.1) is 11.6 Å². The van der Waals surface area contributed by atoms with Crippen molar-refractivity contribution in [2.24, 2.45) is 11.8 Å². The van der Waals surface area contributed by atoms with E-state index in [-0.39, 0.29) is 0 Å². The summed E-state index contributed by atoms with van der Waals surface area (Å²) in [5.41, 5.74) is 2.28. The molecule has 3 atom stereocenters. The average molecular weight is 286 g/mol. The Balaban J connectivity index is 2.38. The van der Waals surface area contributed by atoms with Crippen LogP contribution in [-0.2, 0) is 5.88 Å². The molecule has 1 aliphatic rings. The first-order chi connectivity index (χ1) is 8.54. The molecule has 1 heterocycles. The van der Waals surface area contributed by atoms with Crippen molar-refractivity contribution in [1.29, 1.82) is 0 Å². The zero-order chi connectivity index (χ0) is 13.3. The maximum absolute atomic E-state index is 6.26. The van der Waals surface area contributed by atoms with E-state index in [1.165, 1.54) is 12.1 Å². The maximum Gasteiger partial charge on any atom is 0.0509 e. The summed E-state index contributed by atoms with van der Waals surface area (Å²) < 4.78 is 0. The molecule has 0 aromatic heterocycles. The molecule has 1 nitrogen and oxygen atoms in total. The van der Waals surface area contributed by atoms with E-state index in [1.807, 2.05) is 12.1 Å². The van der Waals surface area contributed by atoms with Crippen LogP contribution in [0, 0.1) is 11.8 Å². The molecule has 100 valence electrons. The van der Waals surface area contributed by atoms with E-state index < -0.39 is 0 Å². The molecule has 0 aliphatic carbocycles. The molecule has 1 saturated heterocycles. The first kappa shape index (κ1) is 14.0. The third-order valence-electron chi connectivity index (χ3n) is 4.13. The van der Waals surface area contributed by atoms with Crippen LogP contribution in [0.4, 0.5) is 5.69 Å². The summed E-state index contributed by atoms with van der Waals surface area (Å²) >= 11 is 12.3. The Morgan fingerprint density at radius 1 is 1.28 bits per heavy atom. The fraction of sp³-hybridized carbons (Fsp3) is 0.600. The van der Waals surface area contributed by atoms with E-state index in [9.17, 15) is 0 Å². The molecule has 0 amide bonds. The van der Waals surface area contributed by atoms with Gasteiger partial charge in [-0.1, -0.05) is 31.5 Å². The first-order valence-electron chi connectivity index (χ1n) is 6.64. The van der Waals surface area contributed by atoms with Gasteiger partial charge in [-0.3, -0.25) is 0 Å². The summed E-state index contributed by atoms with van der Waals surface area (Å²) in [5.74, 6) is 1.90. The van der Waals surface area contributed by atoms with Gasteiger partial charge in [0.2, 0.25) is 0 Å². The predicted molar refractivity (Wildman–Crippen MR) is 80.8 cm³/mol. The molecule has 18 heavy (non-hydrogen) atoms. The zero-order valence-electron chi connectivity index (χ0n) is 11.3. The molecule has 1 fully saturated rings. The Morgan fingerprint density at radius 2 is 2.00 bits per heavy atom. The van der Waals surface area contributed by atoms with Gasteiger partial charge in [0.05, 0.1) is 5.88 Å². The summed E-state index contributed by atoms with van der Waals surface area (Å²) in [6, 6.07) is 6.63. The van der Waals surface area contributed by atoms with Gasteiger partial charge in [-0.2, -0.15) is 0 Å². The second-order valence-electron chi connectivity index (χ2n) is 5.58. The molecule has 0 N–H and O–H groups in total. The van der Waals surface area contributed by atoms with Gasteiger partial charge >= 0.3 is 0 Å². The molecule has 0 saturated carbocycles. The minimum absolute atomic E-state index is 0.473. The van der Waals surface area contributed by atoms with Gasteiger partial charge in [-0.05, 0) is 37.3 Å². The Hall–Kier alpha value is -0.400. The molecule has 1 aromatic carbocycles. The summed E-state index contributed by atoms with van der Waals surface area (Å²) in [5, 5.41) is 0.778. The standard InChI is InChI=1S/C15H21Cl2N/c1-10-7-11(2)12(3)18(9-10)15-6-4-5-14(17)13(15)8-16/h4-6,10-12H,7-9H2,1-3H3. The van der Waals surface area contributed by atoms with Crippen LogP contribution in [0.2, 0.25) is 5.02 Å². The van der Waals surface area contributed by atoms with Gasteiger partial charge < -0.3 is 4.90 Å². The minimum Gasteiger partial charge on any atom is -0.368 e. The minimum atomic E-state index is 0.473. The Kier molecular flexibility index (Phi) is 4.45.